The van der Waals surface area contributed by atoms with Gasteiger partial charge in [-0.3, -0.25) is 0 Å². The second-order valence-corrected chi connectivity index (χ2v) is 6.72. The Morgan fingerprint density at radius 1 is 1.39 bits per heavy atom. The van der Waals surface area contributed by atoms with Gasteiger partial charge < -0.3 is 10.1 Å². The first kappa shape index (κ1) is 16.0. The average molecular weight is 381 g/mol. The quantitative estimate of drug-likeness (QED) is 0.735. The number of halogens is 1. The highest BCUT2D eigenvalue weighted by Crippen LogP contribution is 2.22. The maximum absolute atomic E-state index is 5.19. The summed E-state index contributed by atoms with van der Waals surface area (Å²) in [6, 6.07) is 0. The van der Waals surface area contributed by atoms with Crippen molar-refractivity contribution >= 4 is 40.2 Å². The number of rotatable bonds is 7. The fourth-order valence-corrected chi connectivity index (χ4v) is 2.57. The fraction of sp³-hybridized carbons (Fsp3) is 0.667. The smallest absolute Gasteiger partial charge is 0.143 e. The van der Waals surface area contributed by atoms with Crippen LogP contribution in [0.15, 0.2) is 0 Å². The number of nitrogens with one attached hydrogen (secondary N) is 1. The van der Waals surface area contributed by atoms with E-state index in [1.807, 2.05) is 11.8 Å². The van der Waals surface area contributed by atoms with Gasteiger partial charge in [0.25, 0.3) is 0 Å². The summed E-state index contributed by atoms with van der Waals surface area (Å²) in [6.07, 6.45) is 0. The van der Waals surface area contributed by atoms with E-state index in [2.05, 4.69) is 58.6 Å². The first-order valence-electron chi connectivity index (χ1n) is 5.98. The van der Waals surface area contributed by atoms with E-state index >= 15 is 0 Å². The zero-order chi connectivity index (χ0) is 13.5. The highest BCUT2D eigenvalue weighted by molar-refractivity contribution is 14.1. The Bertz CT molecular complexity index is 361. The summed E-state index contributed by atoms with van der Waals surface area (Å²) in [4.78, 5) is 9.14. The minimum Gasteiger partial charge on any atom is -0.378 e. The van der Waals surface area contributed by atoms with Crippen molar-refractivity contribution in [1.82, 2.24) is 9.97 Å². The number of hydrogen-bond acceptors (Lipinski definition) is 5. The predicted molar refractivity (Wildman–Crippen MR) is 86.1 cm³/mol. The Hall–Kier alpha value is -0.0800. The lowest BCUT2D eigenvalue weighted by molar-refractivity contribution is 0.180. The van der Waals surface area contributed by atoms with Gasteiger partial charge >= 0.3 is 0 Å². The van der Waals surface area contributed by atoms with E-state index in [4.69, 9.17) is 4.74 Å². The molecule has 0 amide bonds. The van der Waals surface area contributed by atoms with E-state index in [1.165, 1.54) is 0 Å². The van der Waals surface area contributed by atoms with Crippen LogP contribution < -0.4 is 5.32 Å². The van der Waals surface area contributed by atoms with Crippen molar-refractivity contribution in [2.24, 2.45) is 0 Å². The monoisotopic (exact) mass is 381 g/mol. The predicted octanol–water partition coefficient (Wildman–Crippen LogP) is 3.30. The largest absolute Gasteiger partial charge is 0.378 e. The van der Waals surface area contributed by atoms with E-state index in [0.717, 1.165) is 33.2 Å². The first-order valence-corrected chi connectivity index (χ1v) is 8.10. The molecular weight excluding hydrogens is 361 g/mol. The van der Waals surface area contributed by atoms with E-state index in [0.29, 0.717) is 11.9 Å². The van der Waals surface area contributed by atoms with Gasteiger partial charge in [-0.2, -0.15) is 11.8 Å². The Morgan fingerprint density at radius 3 is 2.67 bits per heavy atom. The van der Waals surface area contributed by atoms with Crippen LogP contribution in [0.1, 0.15) is 32.3 Å². The highest BCUT2D eigenvalue weighted by atomic mass is 127. The maximum atomic E-state index is 5.19. The lowest BCUT2D eigenvalue weighted by Gasteiger charge is -2.12. The van der Waals surface area contributed by atoms with Gasteiger partial charge in [-0.25, -0.2) is 9.97 Å². The molecule has 0 aliphatic heterocycles. The summed E-state index contributed by atoms with van der Waals surface area (Å²) < 4.78 is 6.24. The molecule has 102 valence electrons. The molecule has 0 fully saturated rings. The number of methoxy groups -OCH3 is 1. The van der Waals surface area contributed by atoms with Crippen molar-refractivity contribution in [3.63, 3.8) is 0 Å². The van der Waals surface area contributed by atoms with Crippen LogP contribution in [0.4, 0.5) is 5.82 Å². The second-order valence-electron chi connectivity index (χ2n) is 4.07. The van der Waals surface area contributed by atoms with Gasteiger partial charge in [0.15, 0.2) is 0 Å². The Kier molecular flexibility index (Phi) is 7.25. The molecule has 0 aliphatic carbocycles. The van der Waals surface area contributed by atoms with E-state index in [1.54, 1.807) is 7.11 Å². The standard InChI is InChI=1S/C12H20IN3OS/c1-5-14-12-11(13)9(6-17-4)15-10(16-12)7-18-8(2)3/h8H,5-7H2,1-4H3,(H,14,15,16). The molecule has 0 bridgehead atoms. The third kappa shape index (κ3) is 4.89. The summed E-state index contributed by atoms with van der Waals surface area (Å²) in [5, 5.41) is 3.86. The number of hydrogen-bond donors (Lipinski definition) is 1. The Balaban J connectivity index is 2.95. The molecule has 1 aromatic heterocycles. The minimum atomic E-state index is 0.526. The summed E-state index contributed by atoms with van der Waals surface area (Å²) >= 11 is 4.12. The topological polar surface area (TPSA) is 47.0 Å². The number of nitrogens with zero attached hydrogens (tertiary/aromatic N) is 2. The zero-order valence-corrected chi connectivity index (χ0v) is 14.3. The van der Waals surface area contributed by atoms with Gasteiger partial charge in [0.1, 0.15) is 11.6 Å². The molecule has 0 atom stereocenters. The molecule has 0 aromatic carbocycles. The molecule has 0 aliphatic rings. The van der Waals surface area contributed by atoms with Crippen molar-refractivity contribution in [2.75, 3.05) is 19.0 Å². The van der Waals surface area contributed by atoms with Crippen molar-refractivity contribution in [1.29, 1.82) is 0 Å². The van der Waals surface area contributed by atoms with Crippen LogP contribution in [-0.2, 0) is 17.1 Å². The zero-order valence-electron chi connectivity index (χ0n) is 11.3. The van der Waals surface area contributed by atoms with Crippen LogP contribution >= 0.6 is 34.4 Å². The fourth-order valence-electron chi connectivity index (χ4n) is 1.37. The van der Waals surface area contributed by atoms with Crippen molar-refractivity contribution < 1.29 is 4.74 Å². The molecule has 1 N–H and O–H groups in total. The lowest BCUT2D eigenvalue weighted by atomic mass is 10.4. The molecule has 0 saturated carbocycles. The lowest BCUT2D eigenvalue weighted by Crippen LogP contribution is -2.10. The Labute approximate surface area is 127 Å². The van der Waals surface area contributed by atoms with Crippen LogP contribution in [-0.4, -0.2) is 28.9 Å². The number of thioether (sulfide) groups is 1. The summed E-state index contributed by atoms with van der Waals surface area (Å²) in [5.74, 6) is 2.63. The third-order valence-electron chi connectivity index (χ3n) is 2.14. The van der Waals surface area contributed by atoms with Gasteiger partial charge in [0.05, 0.1) is 21.6 Å². The van der Waals surface area contributed by atoms with Crippen molar-refractivity contribution in [3.05, 3.63) is 15.1 Å². The van der Waals surface area contributed by atoms with E-state index in [9.17, 15) is 0 Å². The molecule has 4 nitrogen and oxygen atoms in total. The Morgan fingerprint density at radius 2 is 2.11 bits per heavy atom. The summed E-state index contributed by atoms with van der Waals surface area (Å²) in [7, 11) is 1.69. The van der Waals surface area contributed by atoms with Crippen molar-refractivity contribution in [3.8, 4) is 0 Å². The van der Waals surface area contributed by atoms with Crippen LogP contribution in [0.3, 0.4) is 0 Å². The van der Waals surface area contributed by atoms with E-state index < -0.39 is 0 Å². The maximum Gasteiger partial charge on any atom is 0.143 e. The van der Waals surface area contributed by atoms with Gasteiger partial charge in [-0.1, -0.05) is 13.8 Å². The molecule has 1 aromatic rings. The summed E-state index contributed by atoms with van der Waals surface area (Å²) in [5.41, 5.74) is 0.961. The summed E-state index contributed by atoms with van der Waals surface area (Å²) in [6.45, 7) is 7.81. The SMILES string of the molecule is CCNc1nc(CSC(C)C)nc(COC)c1I. The van der Waals surface area contributed by atoms with Crippen LogP contribution in [0.5, 0.6) is 0 Å². The molecule has 0 unspecified atom stereocenters. The van der Waals surface area contributed by atoms with Gasteiger partial charge in [-0.15, -0.1) is 0 Å². The molecule has 1 heterocycles. The highest BCUT2D eigenvalue weighted by Gasteiger charge is 2.12. The van der Waals surface area contributed by atoms with Gasteiger partial charge in [0.2, 0.25) is 0 Å². The van der Waals surface area contributed by atoms with Gasteiger partial charge in [-0.05, 0) is 34.8 Å². The molecule has 0 spiro atoms. The molecule has 6 heteroatoms. The third-order valence-corrected chi connectivity index (χ3v) is 4.36. The van der Waals surface area contributed by atoms with Crippen molar-refractivity contribution in [2.45, 2.75) is 38.4 Å². The molecule has 0 radical (unpaired) electrons. The first-order chi connectivity index (χ1) is 8.58. The molecule has 0 saturated heterocycles. The number of anilines is 1. The molecule has 18 heavy (non-hydrogen) atoms. The van der Waals surface area contributed by atoms with E-state index in [-0.39, 0.29) is 0 Å². The minimum absolute atomic E-state index is 0.526. The van der Waals surface area contributed by atoms with Crippen LogP contribution in [0, 0.1) is 3.57 Å². The molecule has 1 rings (SSSR count). The average Bonchev–Trinajstić information content (AvgIpc) is 2.32. The van der Waals surface area contributed by atoms with Crippen LogP contribution in [0.2, 0.25) is 0 Å². The van der Waals surface area contributed by atoms with Gasteiger partial charge in [0, 0.05) is 13.7 Å². The normalized spacial score (nSPS) is 11.0. The number of aromatic nitrogens is 2. The molecular formula is C12H20IN3OS. The second kappa shape index (κ2) is 8.16. The van der Waals surface area contributed by atoms with Crippen LogP contribution in [0.25, 0.3) is 0 Å². The number of ether oxygens (including phenoxy) is 1.